The minimum atomic E-state index is -0.183. The van der Waals surface area contributed by atoms with E-state index in [0.717, 1.165) is 25.0 Å². The lowest BCUT2D eigenvalue weighted by molar-refractivity contribution is 0.140. The van der Waals surface area contributed by atoms with E-state index in [1.807, 2.05) is 5.51 Å². The van der Waals surface area contributed by atoms with Gasteiger partial charge >= 0.3 is 0 Å². The van der Waals surface area contributed by atoms with Crippen molar-refractivity contribution in [2.45, 2.75) is 37.8 Å². The molecule has 0 saturated heterocycles. The van der Waals surface area contributed by atoms with Gasteiger partial charge in [0.05, 0.1) is 11.2 Å². The van der Waals surface area contributed by atoms with Crippen molar-refractivity contribution in [3.8, 4) is 11.3 Å². The van der Waals surface area contributed by atoms with Crippen molar-refractivity contribution >= 4 is 17.4 Å². The molecule has 4 nitrogen and oxygen atoms in total. The van der Waals surface area contributed by atoms with Gasteiger partial charge in [-0.25, -0.2) is 9.98 Å². The predicted molar refractivity (Wildman–Crippen MR) is 84.5 cm³/mol. The van der Waals surface area contributed by atoms with Gasteiger partial charge in [0, 0.05) is 17.4 Å². The molecule has 2 unspecified atom stereocenters. The highest BCUT2D eigenvalue weighted by Gasteiger charge is 2.45. The van der Waals surface area contributed by atoms with Gasteiger partial charge < -0.3 is 10.5 Å². The highest BCUT2D eigenvalue weighted by molar-refractivity contribution is 7.07. The Kier molecular flexibility index (Phi) is 2.79. The van der Waals surface area contributed by atoms with E-state index >= 15 is 0 Å². The summed E-state index contributed by atoms with van der Waals surface area (Å²) in [5.41, 5.74) is 12.6. The van der Waals surface area contributed by atoms with E-state index in [0.29, 0.717) is 6.02 Å². The molecule has 2 heterocycles. The molecule has 1 spiro atoms. The zero-order valence-corrected chi connectivity index (χ0v) is 12.7. The van der Waals surface area contributed by atoms with Crippen LogP contribution in [0.5, 0.6) is 0 Å². The number of benzene rings is 1. The largest absolute Gasteiger partial charge is 0.460 e. The number of thiazole rings is 1. The number of ether oxygens (including phenoxy) is 1. The Labute approximate surface area is 127 Å². The number of hydrogen-bond donors (Lipinski definition) is 1. The first-order chi connectivity index (χ1) is 10.2. The number of aliphatic imine (C=N–C) groups is 1. The van der Waals surface area contributed by atoms with Crippen molar-refractivity contribution in [1.82, 2.24) is 4.98 Å². The monoisotopic (exact) mass is 299 g/mol. The Bertz CT molecular complexity index is 710. The quantitative estimate of drug-likeness (QED) is 0.881. The van der Waals surface area contributed by atoms with Crippen LogP contribution >= 0.6 is 11.3 Å². The lowest BCUT2D eigenvalue weighted by atomic mass is 9.74. The summed E-state index contributed by atoms with van der Waals surface area (Å²) < 4.78 is 5.59. The Morgan fingerprint density at radius 2 is 2.33 bits per heavy atom. The highest BCUT2D eigenvalue weighted by atomic mass is 32.1. The van der Waals surface area contributed by atoms with Crippen LogP contribution in [0.15, 0.2) is 34.1 Å². The van der Waals surface area contributed by atoms with E-state index in [4.69, 9.17) is 10.5 Å². The normalized spacial score (nSPS) is 27.3. The molecule has 108 valence electrons. The van der Waals surface area contributed by atoms with E-state index in [9.17, 15) is 0 Å². The fourth-order valence-electron chi connectivity index (χ4n) is 3.51. The lowest BCUT2D eigenvalue weighted by Crippen LogP contribution is -2.41. The molecule has 2 aromatic rings. The SMILES string of the molecule is CC1OC(N)=NC12CCc1c(cccc1-c1cscn1)C2. The second-order valence-corrected chi connectivity index (χ2v) is 6.53. The molecule has 2 N–H and O–H groups in total. The smallest absolute Gasteiger partial charge is 0.282 e. The maximum absolute atomic E-state index is 5.78. The molecule has 0 bridgehead atoms. The zero-order valence-electron chi connectivity index (χ0n) is 11.9. The van der Waals surface area contributed by atoms with E-state index in [1.54, 1.807) is 11.3 Å². The van der Waals surface area contributed by atoms with Gasteiger partial charge in [0.1, 0.15) is 11.6 Å². The number of amidine groups is 1. The molecule has 1 aromatic heterocycles. The molecule has 5 heteroatoms. The van der Waals surface area contributed by atoms with E-state index in [1.165, 1.54) is 16.7 Å². The topological polar surface area (TPSA) is 60.5 Å². The van der Waals surface area contributed by atoms with Gasteiger partial charge in [0.25, 0.3) is 6.02 Å². The molecular weight excluding hydrogens is 282 g/mol. The second kappa shape index (κ2) is 4.56. The van der Waals surface area contributed by atoms with Crippen LogP contribution < -0.4 is 5.73 Å². The zero-order chi connectivity index (χ0) is 14.4. The highest BCUT2D eigenvalue weighted by Crippen LogP contribution is 2.41. The molecule has 21 heavy (non-hydrogen) atoms. The minimum absolute atomic E-state index is 0.0496. The van der Waals surface area contributed by atoms with E-state index in [-0.39, 0.29) is 11.6 Å². The predicted octanol–water partition coefficient (Wildman–Crippen LogP) is 2.77. The first kappa shape index (κ1) is 12.8. The summed E-state index contributed by atoms with van der Waals surface area (Å²) in [6.45, 7) is 2.07. The first-order valence-corrected chi connectivity index (χ1v) is 8.13. The maximum atomic E-state index is 5.78. The third kappa shape index (κ3) is 1.95. The van der Waals surface area contributed by atoms with Crippen LogP contribution in [0, 0.1) is 0 Å². The number of rotatable bonds is 1. The minimum Gasteiger partial charge on any atom is -0.460 e. The lowest BCUT2D eigenvalue weighted by Gasteiger charge is -2.34. The summed E-state index contributed by atoms with van der Waals surface area (Å²) in [7, 11) is 0. The van der Waals surface area contributed by atoms with Crippen LogP contribution in [-0.4, -0.2) is 22.6 Å². The van der Waals surface area contributed by atoms with Crippen molar-refractivity contribution < 1.29 is 4.74 Å². The molecule has 0 fully saturated rings. The van der Waals surface area contributed by atoms with Crippen molar-refractivity contribution in [3.63, 3.8) is 0 Å². The van der Waals surface area contributed by atoms with E-state index in [2.05, 4.69) is 40.5 Å². The van der Waals surface area contributed by atoms with Crippen molar-refractivity contribution in [2.24, 2.45) is 10.7 Å². The molecule has 1 aliphatic heterocycles. The maximum Gasteiger partial charge on any atom is 0.282 e. The number of hydrogen-bond acceptors (Lipinski definition) is 5. The van der Waals surface area contributed by atoms with Gasteiger partial charge in [0.2, 0.25) is 0 Å². The molecule has 2 atom stereocenters. The van der Waals surface area contributed by atoms with Crippen molar-refractivity contribution in [1.29, 1.82) is 0 Å². The average molecular weight is 299 g/mol. The van der Waals surface area contributed by atoms with Gasteiger partial charge in [-0.2, -0.15) is 0 Å². The summed E-state index contributed by atoms with van der Waals surface area (Å²) in [6, 6.07) is 6.81. The van der Waals surface area contributed by atoms with Crippen LogP contribution in [0.2, 0.25) is 0 Å². The standard InChI is InChI=1S/C16H17N3OS/c1-10-16(19-15(17)20-10)6-5-12-11(7-16)3-2-4-13(12)14-8-21-9-18-14/h2-4,8-10H,5-7H2,1H3,(H2,17,19). The third-order valence-corrected chi connectivity index (χ3v) is 5.26. The number of nitrogens with zero attached hydrogens (tertiary/aromatic N) is 2. The van der Waals surface area contributed by atoms with E-state index < -0.39 is 0 Å². The van der Waals surface area contributed by atoms with Crippen LogP contribution in [0.25, 0.3) is 11.3 Å². The Hall–Kier alpha value is -1.88. The molecule has 0 saturated carbocycles. The fourth-order valence-corrected chi connectivity index (χ4v) is 4.06. The van der Waals surface area contributed by atoms with Crippen molar-refractivity contribution in [3.05, 3.63) is 40.2 Å². The Morgan fingerprint density at radius 1 is 1.43 bits per heavy atom. The van der Waals surface area contributed by atoms with Crippen LogP contribution in [0.3, 0.4) is 0 Å². The fraction of sp³-hybridized carbons (Fsp3) is 0.375. The van der Waals surface area contributed by atoms with Gasteiger partial charge in [-0.15, -0.1) is 11.3 Å². The molecule has 0 radical (unpaired) electrons. The summed E-state index contributed by atoms with van der Waals surface area (Å²) in [4.78, 5) is 9.07. The summed E-state index contributed by atoms with van der Waals surface area (Å²) in [5.74, 6) is 0. The average Bonchev–Trinajstić information content (AvgIpc) is 3.07. The van der Waals surface area contributed by atoms with Crippen LogP contribution in [0.1, 0.15) is 24.5 Å². The number of nitrogens with two attached hydrogens (primary N) is 1. The molecule has 1 aliphatic carbocycles. The summed E-state index contributed by atoms with van der Waals surface area (Å²) in [6.07, 6.45) is 2.91. The Balaban J connectivity index is 1.77. The second-order valence-electron chi connectivity index (χ2n) is 5.81. The van der Waals surface area contributed by atoms with Gasteiger partial charge in [-0.3, -0.25) is 0 Å². The van der Waals surface area contributed by atoms with Crippen LogP contribution in [0.4, 0.5) is 0 Å². The molecule has 2 aliphatic rings. The van der Waals surface area contributed by atoms with Gasteiger partial charge in [-0.1, -0.05) is 18.2 Å². The van der Waals surface area contributed by atoms with Crippen LogP contribution in [-0.2, 0) is 17.6 Å². The molecule has 4 rings (SSSR count). The number of fused-ring (bicyclic) bond motifs is 1. The van der Waals surface area contributed by atoms with Gasteiger partial charge in [-0.05, 0) is 30.9 Å². The Morgan fingerprint density at radius 3 is 3.05 bits per heavy atom. The van der Waals surface area contributed by atoms with Gasteiger partial charge in [0.15, 0.2) is 0 Å². The first-order valence-electron chi connectivity index (χ1n) is 7.19. The summed E-state index contributed by atoms with van der Waals surface area (Å²) in [5, 5.41) is 2.11. The summed E-state index contributed by atoms with van der Waals surface area (Å²) >= 11 is 1.64. The van der Waals surface area contributed by atoms with Crippen molar-refractivity contribution in [2.75, 3.05) is 0 Å². The molecule has 1 aromatic carbocycles. The molecular formula is C16H17N3OS. The molecule has 0 amide bonds. The number of aromatic nitrogens is 1. The third-order valence-electron chi connectivity index (χ3n) is 4.67.